The van der Waals surface area contributed by atoms with E-state index in [2.05, 4.69) is 17.2 Å². The minimum Gasteiger partial charge on any atom is -0.497 e. The lowest BCUT2D eigenvalue weighted by atomic mass is 10.1. The fraction of sp³-hybridized carbons (Fsp3) is 0.375. The van der Waals surface area contributed by atoms with Crippen LogP contribution in [0.15, 0.2) is 24.3 Å². The molecule has 0 aliphatic carbocycles. The van der Waals surface area contributed by atoms with E-state index < -0.39 is 0 Å². The fourth-order valence-electron chi connectivity index (χ4n) is 2.41. The summed E-state index contributed by atoms with van der Waals surface area (Å²) in [4.78, 5) is 9.37. The Balaban J connectivity index is 2.03. The maximum absolute atomic E-state index is 5.52. The first-order chi connectivity index (χ1) is 10.3. The van der Waals surface area contributed by atoms with Crippen LogP contribution >= 0.6 is 0 Å². The highest BCUT2D eigenvalue weighted by atomic mass is 16.5. The van der Waals surface area contributed by atoms with E-state index in [9.17, 15) is 0 Å². The summed E-state index contributed by atoms with van der Waals surface area (Å²) in [5, 5.41) is 3.31. The minimum absolute atomic E-state index is 0.584. The summed E-state index contributed by atoms with van der Waals surface area (Å²) in [7, 11) is 1.66. The molecule has 0 saturated carbocycles. The van der Waals surface area contributed by atoms with Gasteiger partial charge in [0.2, 0.25) is 0 Å². The van der Waals surface area contributed by atoms with Crippen molar-refractivity contribution < 1.29 is 9.47 Å². The summed E-state index contributed by atoms with van der Waals surface area (Å²) in [6.45, 7) is 4.19. The fourth-order valence-corrected chi connectivity index (χ4v) is 2.41. The lowest BCUT2D eigenvalue weighted by molar-refractivity contribution is 0.109. The summed E-state index contributed by atoms with van der Waals surface area (Å²) in [5.74, 6) is 2.46. The zero-order chi connectivity index (χ0) is 14.7. The van der Waals surface area contributed by atoms with E-state index >= 15 is 0 Å². The predicted octanol–water partition coefficient (Wildman–Crippen LogP) is 2.66. The Bertz CT molecular complexity index is 626. The van der Waals surface area contributed by atoms with E-state index in [1.807, 2.05) is 24.3 Å². The number of aromatic nitrogens is 2. The molecule has 0 saturated heterocycles. The average molecular weight is 285 g/mol. The van der Waals surface area contributed by atoms with Crippen LogP contribution in [0.25, 0.3) is 11.4 Å². The Morgan fingerprint density at radius 1 is 1.24 bits per heavy atom. The highest BCUT2D eigenvalue weighted by molar-refractivity contribution is 5.61. The number of benzene rings is 1. The van der Waals surface area contributed by atoms with Gasteiger partial charge in [0.15, 0.2) is 5.82 Å². The largest absolute Gasteiger partial charge is 0.497 e. The number of nitrogens with one attached hydrogen (secondary N) is 1. The molecule has 1 aromatic heterocycles. The molecule has 5 nitrogen and oxygen atoms in total. The van der Waals surface area contributed by atoms with Crippen LogP contribution in [0.3, 0.4) is 0 Å². The van der Waals surface area contributed by atoms with Crippen LogP contribution in [-0.4, -0.2) is 30.2 Å². The lowest BCUT2D eigenvalue weighted by Gasteiger charge is -2.20. The van der Waals surface area contributed by atoms with Crippen molar-refractivity contribution in [1.82, 2.24) is 9.97 Å². The van der Waals surface area contributed by atoms with Crippen LogP contribution in [-0.2, 0) is 17.8 Å². The molecule has 5 heteroatoms. The second-order valence-electron chi connectivity index (χ2n) is 4.88. The first-order valence-electron chi connectivity index (χ1n) is 7.17. The monoisotopic (exact) mass is 285 g/mol. The van der Waals surface area contributed by atoms with Crippen LogP contribution in [0, 0.1) is 0 Å². The smallest absolute Gasteiger partial charge is 0.161 e. The van der Waals surface area contributed by atoms with Crippen molar-refractivity contribution in [1.29, 1.82) is 0 Å². The SMILES string of the molecule is CCNc1nc(-c2ccc(OC)cc2)nc2c1COCC2. The molecule has 1 N–H and O–H groups in total. The van der Waals surface area contributed by atoms with Gasteiger partial charge < -0.3 is 14.8 Å². The maximum Gasteiger partial charge on any atom is 0.161 e. The van der Waals surface area contributed by atoms with Crippen molar-refractivity contribution in [3.63, 3.8) is 0 Å². The number of methoxy groups -OCH3 is 1. The summed E-state index contributed by atoms with van der Waals surface area (Å²) >= 11 is 0. The van der Waals surface area contributed by atoms with Gasteiger partial charge >= 0.3 is 0 Å². The Morgan fingerprint density at radius 3 is 2.76 bits per heavy atom. The first-order valence-corrected chi connectivity index (χ1v) is 7.17. The molecule has 1 aliphatic rings. The molecule has 0 amide bonds. The highest BCUT2D eigenvalue weighted by Gasteiger charge is 2.18. The van der Waals surface area contributed by atoms with Crippen LogP contribution in [0.5, 0.6) is 5.75 Å². The van der Waals surface area contributed by atoms with Crippen molar-refractivity contribution in [2.75, 3.05) is 25.6 Å². The van der Waals surface area contributed by atoms with Gasteiger partial charge in [-0.25, -0.2) is 9.97 Å². The van der Waals surface area contributed by atoms with Gasteiger partial charge in [0.05, 0.1) is 26.0 Å². The van der Waals surface area contributed by atoms with E-state index in [0.717, 1.165) is 53.8 Å². The molecule has 2 heterocycles. The molecular weight excluding hydrogens is 266 g/mol. The number of rotatable bonds is 4. The van der Waals surface area contributed by atoms with Crippen molar-refractivity contribution in [3.8, 4) is 17.1 Å². The Labute approximate surface area is 124 Å². The molecule has 0 unspecified atom stereocenters. The van der Waals surface area contributed by atoms with Gasteiger partial charge in [-0.05, 0) is 31.2 Å². The van der Waals surface area contributed by atoms with Gasteiger partial charge in [0.1, 0.15) is 11.6 Å². The molecule has 0 radical (unpaired) electrons. The number of hydrogen-bond acceptors (Lipinski definition) is 5. The van der Waals surface area contributed by atoms with E-state index in [1.54, 1.807) is 7.11 Å². The van der Waals surface area contributed by atoms with E-state index in [-0.39, 0.29) is 0 Å². The van der Waals surface area contributed by atoms with Crippen molar-refractivity contribution in [2.45, 2.75) is 20.0 Å². The molecule has 3 rings (SSSR count). The summed E-state index contributed by atoms with van der Waals surface area (Å²) in [6, 6.07) is 7.81. The number of fused-ring (bicyclic) bond motifs is 1. The van der Waals surface area contributed by atoms with Gasteiger partial charge in [-0.1, -0.05) is 0 Å². The van der Waals surface area contributed by atoms with Gasteiger partial charge in [-0.3, -0.25) is 0 Å². The van der Waals surface area contributed by atoms with Crippen LogP contribution in [0.2, 0.25) is 0 Å². The number of hydrogen-bond donors (Lipinski definition) is 1. The molecular formula is C16H19N3O2. The normalized spacial score (nSPS) is 13.6. The Kier molecular flexibility index (Phi) is 4.01. The second-order valence-corrected chi connectivity index (χ2v) is 4.88. The van der Waals surface area contributed by atoms with Crippen LogP contribution < -0.4 is 10.1 Å². The van der Waals surface area contributed by atoms with E-state index in [0.29, 0.717) is 6.61 Å². The third-order valence-corrected chi connectivity index (χ3v) is 3.51. The third kappa shape index (κ3) is 2.83. The molecule has 0 bridgehead atoms. The van der Waals surface area contributed by atoms with Gasteiger partial charge in [0, 0.05) is 24.1 Å². The van der Waals surface area contributed by atoms with Crippen LogP contribution in [0.1, 0.15) is 18.2 Å². The highest BCUT2D eigenvalue weighted by Crippen LogP contribution is 2.27. The summed E-state index contributed by atoms with van der Waals surface area (Å²) in [6.07, 6.45) is 0.833. The Hall–Kier alpha value is -2.14. The zero-order valence-corrected chi connectivity index (χ0v) is 12.3. The summed E-state index contributed by atoms with van der Waals surface area (Å²) < 4.78 is 10.7. The molecule has 0 fully saturated rings. The average Bonchev–Trinajstić information content (AvgIpc) is 2.55. The first kappa shape index (κ1) is 13.8. The number of nitrogens with zero attached hydrogens (tertiary/aromatic N) is 2. The van der Waals surface area contributed by atoms with E-state index in [4.69, 9.17) is 14.5 Å². The molecule has 0 atom stereocenters. The third-order valence-electron chi connectivity index (χ3n) is 3.51. The van der Waals surface area contributed by atoms with Crippen LogP contribution in [0.4, 0.5) is 5.82 Å². The molecule has 1 aromatic carbocycles. The zero-order valence-electron chi connectivity index (χ0n) is 12.3. The predicted molar refractivity (Wildman–Crippen MR) is 81.5 cm³/mol. The lowest BCUT2D eigenvalue weighted by Crippen LogP contribution is -2.17. The van der Waals surface area contributed by atoms with E-state index in [1.165, 1.54) is 0 Å². The van der Waals surface area contributed by atoms with Crippen molar-refractivity contribution >= 4 is 5.82 Å². The second kappa shape index (κ2) is 6.10. The van der Waals surface area contributed by atoms with Crippen molar-refractivity contribution in [3.05, 3.63) is 35.5 Å². The summed E-state index contributed by atoms with van der Waals surface area (Å²) in [5.41, 5.74) is 3.16. The minimum atomic E-state index is 0.584. The standard InChI is InChI=1S/C16H19N3O2/c1-3-17-16-13-10-21-9-8-14(13)18-15(19-16)11-4-6-12(20-2)7-5-11/h4-7H,3,8-10H2,1-2H3,(H,17,18,19). The molecule has 1 aliphatic heterocycles. The number of anilines is 1. The Morgan fingerprint density at radius 2 is 2.05 bits per heavy atom. The van der Waals surface area contributed by atoms with Gasteiger partial charge in [-0.15, -0.1) is 0 Å². The topological polar surface area (TPSA) is 56.3 Å². The molecule has 110 valence electrons. The maximum atomic E-state index is 5.52. The molecule has 21 heavy (non-hydrogen) atoms. The van der Waals surface area contributed by atoms with Gasteiger partial charge in [0.25, 0.3) is 0 Å². The number of ether oxygens (including phenoxy) is 2. The molecule has 0 spiro atoms. The van der Waals surface area contributed by atoms with Crippen molar-refractivity contribution in [2.24, 2.45) is 0 Å². The molecule has 2 aromatic rings. The quantitative estimate of drug-likeness (QED) is 0.936. The van der Waals surface area contributed by atoms with Gasteiger partial charge in [-0.2, -0.15) is 0 Å².